The molecule has 1 rings (SSSR count). The van der Waals surface area contributed by atoms with Crippen molar-refractivity contribution in [1.82, 2.24) is 14.8 Å². The highest BCUT2D eigenvalue weighted by Gasteiger charge is 2.23. The third-order valence-corrected chi connectivity index (χ3v) is 3.11. The van der Waals surface area contributed by atoms with E-state index >= 15 is 0 Å². The Kier molecular flexibility index (Phi) is 4.50. The van der Waals surface area contributed by atoms with E-state index in [1.165, 1.54) is 0 Å². The lowest BCUT2D eigenvalue weighted by atomic mass is 10.0. The Balaban J connectivity index is 3.01. The van der Waals surface area contributed by atoms with E-state index in [2.05, 4.69) is 58.4 Å². The van der Waals surface area contributed by atoms with E-state index in [1.54, 1.807) is 7.11 Å². The zero-order valence-electron chi connectivity index (χ0n) is 10.6. The molecule has 0 fully saturated rings. The van der Waals surface area contributed by atoms with Crippen molar-refractivity contribution in [2.24, 2.45) is 0 Å². The summed E-state index contributed by atoms with van der Waals surface area (Å²) in [5.41, 5.74) is -0.205. The van der Waals surface area contributed by atoms with Crippen molar-refractivity contribution in [2.45, 2.75) is 51.1 Å². The van der Waals surface area contributed by atoms with Crippen molar-refractivity contribution in [1.29, 1.82) is 0 Å². The van der Waals surface area contributed by atoms with Gasteiger partial charge >= 0.3 is 0 Å². The molecule has 0 saturated carbocycles. The molecule has 0 aliphatic carbocycles. The molecule has 1 heterocycles. The van der Waals surface area contributed by atoms with Crippen molar-refractivity contribution in [3.05, 3.63) is 11.6 Å². The van der Waals surface area contributed by atoms with Crippen LogP contribution < -0.4 is 0 Å². The fraction of sp³-hybridized carbons (Fsp3) is 0.818. The fourth-order valence-corrected chi connectivity index (χ4v) is 2.00. The number of hydrogen-bond acceptors (Lipinski definition) is 3. The molecule has 0 aliphatic rings. The van der Waals surface area contributed by atoms with Gasteiger partial charge in [0.2, 0.25) is 0 Å². The average Bonchev–Trinajstić information content (AvgIpc) is 2.60. The Labute approximate surface area is 106 Å². The Hall–Kier alpha value is -0.420. The van der Waals surface area contributed by atoms with Gasteiger partial charge in [0.1, 0.15) is 11.6 Å². The predicted octanol–water partition coefficient (Wildman–Crippen LogP) is 2.72. The summed E-state index contributed by atoms with van der Waals surface area (Å²) in [6.07, 6.45) is 0.766. The van der Waals surface area contributed by atoms with Crippen LogP contribution in [0, 0.1) is 0 Å². The third kappa shape index (κ3) is 3.04. The van der Waals surface area contributed by atoms with Crippen molar-refractivity contribution in [2.75, 3.05) is 7.11 Å². The van der Waals surface area contributed by atoms with Crippen molar-refractivity contribution in [3.63, 3.8) is 0 Å². The van der Waals surface area contributed by atoms with Crippen LogP contribution in [-0.4, -0.2) is 27.5 Å². The summed E-state index contributed by atoms with van der Waals surface area (Å²) in [5.74, 6) is 1.95. The molecular formula is C11H20BrN3O. The lowest BCUT2D eigenvalue weighted by molar-refractivity contribution is 0.0206. The highest BCUT2D eigenvalue weighted by atomic mass is 79.9. The van der Waals surface area contributed by atoms with Crippen molar-refractivity contribution in [3.8, 4) is 0 Å². The van der Waals surface area contributed by atoms with Gasteiger partial charge in [0.05, 0.1) is 10.9 Å². The summed E-state index contributed by atoms with van der Waals surface area (Å²) < 4.78 is 7.59. The zero-order chi connectivity index (χ0) is 12.3. The first kappa shape index (κ1) is 13.6. The Bertz CT molecular complexity index is 347. The van der Waals surface area contributed by atoms with Gasteiger partial charge in [-0.05, 0) is 27.7 Å². The maximum Gasteiger partial charge on any atom is 0.143 e. The van der Waals surface area contributed by atoms with Crippen molar-refractivity contribution >= 4 is 15.9 Å². The van der Waals surface area contributed by atoms with Gasteiger partial charge in [-0.2, -0.15) is 0 Å². The van der Waals surface area contributed by atoms with E-state index in [-0.39, 0.29) is 5.60 Å². The molecule has 0 aliphatic heterocycles. The number of rotatable bonds is 5. The molecule has 1 aromatic heterocycles. The molecule has 0 saturated heterocycles. The first-order valence-corrected chi connectivity index (χ1v) is 6.57. The molecule has 0 amide bonds. The SMILES string of the molecule is COC(C)(C)Cc1nnc(CBr)n1C(C)C. The summed E-state index contributed by atoms with van der Waals surface area (Å²) in [6.45, 7) is 8.39. The quantitative estimate of drug-likeness (QED) is 0.783. The van der Waals surface area contributed by atoms with Gasteiger partial charge in [0.25, 0.3) is 0 Å². The van der Waals surface area contributed by atoms with E-state index in [1.807, 2.05) is 0 Å². The summed E-state index contributed by atoms with van der Waals surface area (Å²) in [4.78, 5) is 0. The lowest BCUT2D eigenvalue weighted by Gasteiger charge is -2.23. The molecule has 92 valence electrons. The number of ether oxygens (including phenoxy) is 1. The number of alkyl halides is 1. The third-order valence-electron chi connectivity index (χ3n) is 2.61. The second kappa shape index (κ2) is 5.27. The summed E-state index contributed by atoms with van der Waals surface area (Å²) in [5, 5.41) is 9.16. The van der Waals surface area contributed by atoms with E-state index in [0.717, 1.165) is 23.4 Å². The molecular weight excluding hydrogens is 270 g/mol. The molecule has 4 nitrogen and oxygen atoms in total. The van der Waals surface area contributed by atoms with Gasteiger partial charge < -0.3 is 9.30 Å². The number of halogens is 1. The average molecular weight is 290 g/mol. The van der Waals surface area contributed by atoms with E-state index in [0.29, 0.717) is 6.04 Å². The summed E-state index contributed by atoms with van der Waals surface area (Å²) in [6, 6.07) is 0.366. The van der Waals surface area contributed by atoms with Gasteiger partial charge in [-0.1, -0.05) is 15.9 Å². The van der Waals surface area contributed by atoms with E-state index in [9.17, 15) is 0 Å². The number of methoxy groups -OCH3 is 1. The smallest absolute Gasteiger partial charge is 0.143 e. The van der Waals surface area contributed by atoms with Crippen LogP contribution in [0.15, 0.2) is 0 Å². The second-order valence-corrected chi connectivity index (χ2v) is 5.33. The molecule has 0 unspecified atom stereocenters. The molecule has 0 radical (unpaired) electrons. The normalized spacial score (nSPS) is 12.4. The van der Waals surface area contributed by atoms with E-state index < -0.39 is 0 Å². The van der Waals surface area contributed by atoms with Gasteiger partial charge in [0, 0.05) is 19.6 Å². The molecule has 5 heteroatoms. The topological polar surface area (TPSA) is 39.9 Å². The van der Waals surface area contributed by atoms with Gasteiger partial charge in [-0.25, -0.2) is 0 Å². The maximum absolute atomic E-state index is 5.43. The number of aromatic nitrogens is 3. The van der Waals surface area contributed by atoms with Crippen molar-refractivity contribution < 1.29 is 4.74 Å². The minimum atomic E-state index is -0.205. The van der Waals surface area contributed by atoms with Crippen LogP contribution in [0.1, 0.15) is 45.4 Å². The van der Waals surface area contributed by atoms with Crippen LogP contribution in [0.4, 0.5) is 0 Å². The first-order chi connectivity index (χ1) is 7.41. The van der Waals surface area contributed by atoms with Crippen LogP contribution in [0.2, 0.25) is 0 Å². The van der Waals surface area contributed by atoms with Gasteiger partial charge in [0.15, 0.2) is 0 Å². The van der Waals surface area contributed by atoms with Gasteiger partial charge in [-0.15, -0.1) is 10.2 Å². The standard InChI is InChI=1S/C11H20BrN3O/c1-8(2)15-9(6-11(3,4)16-5)13-14-10(15)7-12/h8H,6-7H2,1-5H3. The molecule has 0 atom stereocenters. The molecule has 0 N–H and O–H groups in total. The lowest BCUT2D eigenvalue weighted by Crippen LogP contribution is -2.28. The Morgan fingerprint density at radius 2 is 1.88 bits per heavy atom. The summed E-state index contributed by atoms with van der Waals surface area (Å²) in [7, 11) is 1.72. The second-order valence-electron chi connectivity index (χ2n) is 4.77. The highest BCUT2D eigenvalue weighted by molar-refractivity contribution is 9.08. The Morgan fingerprint density at radius 3 is 2.31 bits per heavy atom. The number of nitrogens with zero attached hydrogens (tertiary/aromatic N) is 3. The molecule has 0 bridgehead atoms. The van der Waals surface area contributed by atoms with Crippen LogP contribution in [0.5, 0.6) is 0 Å². The van der Waals surface area contributed by atoms with Gasteiger partial charge in [-0.3, -0.25) is 0 Å². The van der Waals surface area contributed by atoms with Crippen LogP contribution in [-0.2, 0) is 16.5 Å². The highest BCUT2D eigenvalue weighted by Crippen LogP contribution is 2.20. The maximum atomic E-state index is 5.43. The minimum Gasteiger partial charge on any atom is -0.378 e. The predicted molar refractivity (Wildman–Crippen MR) is 67.8 cm³/mol. The molecule has 16 heavy (non-hydrogen) atoms. The van der Waals surface area contributed by atoms with Crippen LogP contribution >= 0.6 is 15.9 Å². The Morgan fingerprint density at radius 1 is 1.31 bits per heavy atom. The minimum absolute atomic E-state index is 0.205. The number of hydrogen-bond donors (Lipinski definition) is 0. The van der Waals surface area contributed by atoms with Crippen LogP contribution in [0.3, 0.4) is 0 Å². The molecule has 0 spiro atoms. The molecule has 1 aromatic rings. The van der Waals surface area contributed by atoms with Crippen LogP contribution in [0.25, 0.3) is 0 Å². The largest absolute Gasteiger partial charge is 0.378 e. The molecule has 0 aromatic carbocycles. The first-order valence-electron chi connectivity index (χ1n) is 5.45. The monoisotopic (exact) mass is 289 g/mol. The van der Waals surface area contributed by atoms with E-state index in [4.69, 9.17) is 4.74 Å². The fourth-order valence-electron chi connectivity index (χ4n) is 1.62. The zero-order valence-corrected chi connectivity index (χ0v) is 12.2. The summed E-state index contributed by atoms with van der Waals surface area (Å²) >= 11 is 3.43.